The summed E-state index contributed by atoms with van der Waals surface area (Å²) in [5, 5.41) is 2.70. The summed E-state index contributed by atoms with van der Waals surface area (Å²) in [4.78, 5) is 20.1. The van der Waals surface area contributed by atoms with E-state index < -0.39 is 11.9 Å². The van der Waals surface area contributed by atoms with Gasteiger partial charge in [-0.1, -0.05) is 6.07 Å². The maximum absolute atomic E-state index is 14.2. The first-order chi connectivity index (χ1) is 9.61. The highest BCUT2D eigenvalue weighted by molar-refractivity contribution is 6.02. The first-order valence-electron chi connectivity index (χ1n) is 6.12. The number of fused-ring (bicyclic) bond motifs is 3. The van der Waals surface area contributed by atoms with Crippen LogP contribution in [0.4, 0.5) is 10.1 Å². The van der Waals surface area contributed by atoms with Crippen molar-refractivity contribution >= 4 is 11.6 Å². The summed E-state index contributed by atoms with van der Waals surface area (Å²) in [5.74, 6) is -1.25. The van der Waals surface area contributed by atoms with E-state index in [0.717, 1.165) is 0 Å². The average molecular weight is 273 g/mol. The van der Waals surface area contributed by atoms with E-state index in [1.54, 1.807) is 25.3 Å². The first-order valence-corrected chi connectivity index (χ1v) is 6.12. The van der Waals surface area contributed by atoms with Gasteiger partial charge in [0.05, 0.1) is 30.0 Å². The average Bonchev–Trinajstić information content (AvgIpc) is 2.55. The predicted octanol–water partition coefficient (Wildman–Crippen LogP) is 2.35. The number of rotatable bonds is 1. The Bertz CT molecular complexity index is 703. The molecule has 0 aliphatic carbocycles. The van der Waals surface area contributed by atoms with E-state index in [4.69, 9.17) is 4.74 Å². The minimum absolute atomic E-state index is 0.105. The van der Waals surface area contributed by atoms with Crippen molar-refractivity contribution in [3.63, 3.8) is 0 Å². The highest BCUT2D eigenvalue weighted by Gasteiger charge is 2.29. The number of anilines is 1. The van der Waals surface area contributed by atoms with Crippen LogP contribution in [-0.2, 0) is 4.79 Å². The lowest BCUT2D eigenvalue weighted by Gasteiger charge is -2.10. The molecule has 0 bridgehead atoms. The zero-order valence-electron chi connectivity index (χ0n) is 11.0. The van der Waals surface area contributed by atoms with Gasteiger partial charge in [-0.2, -0.15) is 9.37 Å². The third kappa shape index (κ3) is 1.80. The van der Waals surface area contributed by atoms with Crippen LogP contribution >= 0.6 is 0 Å². The zero-order chi connectivity index (χ0) is 14.3. The fourth-order valence-corrected chi connectivity index (χ4v) is 2.28. The number of ether oxygens (including phenoxy) is 1. The molecule has 3 rings (SSSR count). The molecular weight excluding hydrogens is 261 g/mol. The summed E-state index contributed by atoms with van der Waals surface area (Å²) >= 11 is 0. The van der Waals surface area contributed by atoms with Crippen LogP contribution in [0.15, 0.2) is 24.4 Å². The number of nitrogens with one attached hydrogen (secondary N) is 1. The van der Waals surface area contributed by atoms with E-state index in [2.05, 4.69) is 15.3 Å². The van der Waals surface area contributed by atoms with Crippen LogP contribution < -0.4 is 10.1 Å². The third-order valence-corrected chi connectivity index (χ3v) is 3.35. The van der Waals surface area contributed by atoms with Crippen molar-refractivity contribution in [3.8, 4) is 17.1 Å². The van der Waals surface area contributed by atoms with E-state index in [0.29, 0.717) is 16.9 Å². The number of nitrogens with zero attached hydrogens (tertiary/aromatic N) is 2. The highest BCUT2D eigenvalue weighted by atomic mass is 19.1. The monoisotopic (exact) mass is 273 g/mol. The number of methoxy groups -OCH3 is 1. The number of carbonyl (C=O) groups excluding carboxylic acids is 1. The van der Waals surface area contributed by atoms with Crippen molar-refractivity contribution < 1.29 is 13.9 Å². The zero-order valence-corrected chi connectivity index (χ0v) is 11.0. The molecule has 0 saturated carbocycles. The van der Waals surface area contributed by atoms with Crippen LogP contribution in [-0.4, -0.2) is 23.0 Å². The largest absolute Gasteiger partial charge is 0.481 e. The molecule has 0 aromatic carbocycles. The minimum atomic E-state index is -0.714. The van der Waals surface area contributed by atoms with Gasteiger partial charge in [-0.3, -0.25) is 9.78 Å². The number of carbonyl (C=O) groups is 1. The molecule has 0 fully saturated rings. The third-order valence-electron chi connectivity index (χ3n) is 3.35. The quantitative estimate of drug-likeness (QED) is 0.810. The molecule has 6 heteroatoms. The lowest BCUT2D eigenvalue weighted by Crippen LogP contribution is -2.17. The second-order valence-corrected chi connectivity index (χ2v) is 4.53. The van der Waals surface area contributed by atoms with Gasteiger partial charge in [0.25, 0.3) is 0 Å². The van der Waals surface area contributed by atoms with Crippen molar-refractivity contribution in [1.82, 2.24) is 9.97 Å². The second-order valence-electron chi connectivity index (χ2n) is 4.53. The Balaban J connectivity index is 2.33. The number of hydrogen-bond donors (Lipinski definition) is 1. The molecule has 0 saturated heterocycles. The SMILES string of the molecule is COc1cc2c(c(F)n1)-c1ncccc1C(C)C(=O)N2. The van der Waals surface area contributed by atoms with Crippen molar-refractivity contribution in [2.24, 2.45) is 0 Å². The van der Waals surface area contributed by atoms with E-state index >= 15 is 0 Å². The molecular formula is C14H12FN3O2. The summed E-state index contributed by atoms with van der Waals surface area (Å²) < 4.78 is 19.2. The molecule has 1 amide bonds. The molecule has 20 heavy (non-hydrogen) atoms. The van der Waals surface area contributed by atoms with Crippen molar-refractivity contribution in [2.75, 3.05) is 12.4 Å². The van der Waals surface area contributed by atoms with E-state index in [1.807, 2.05) is 0 Å². The normalized spacial score (nSPS) is 16.8. The molecule has 1 aliphatic heterocycles. The van der Waals surface area contributed by atoms with Gasteiger partial charge in [-0.05, 0) is 18.6 Å². The van der Waals surface area contributed by atoms with Gasteiger partial charge in [0.1, 0.15) is 0 Å². The number of pyridine rings is 2. The van der Waals surface area contributed by atoms with Crippen LogP contribution in [0.1, 0.15) is 18.4 Å². The number of halogens is 1. The fraction of sp³-hybridized carbons (Fsp3) is 0.214. The summed E-state index contributed by atoms with van der Waals surface area (Å²) in [7, 11) is 1.39. The number of amides is 1. The van der Waals surface area contributed by atoms with E-state index in [9.17, 15) is 9.18 Å². The highest BCUT2D eigenvalue weighted by Crippen LogP contribution is 2.38. The minimum Gasteiger partial charge on any atom is -0.481 e. The predicted molar refractivity (Wildman–Crippen MR) is 71.0 cm³/mol. The summed E-state index contributed by atoms with van der Waals surface area (Å²) in [6.07, 6.45) is 1.56. The summed E-state index contributed by atoms with van der Waals surface area (Å²) in [6.45, 7) is 1.75. The number of hydrogen-bond acceptors (Lipinski definition) is 4. The topological polar surface area (TPSA) is 64.1 Å². The van der Waals surface area contributed by atoms with Crippen molar-refractivity contribution in [1.29, 1.82) is 0 Å². The maximum atomic E-state index is 14.2. The van der Waals surface area contributed by atoms with Gasteiger partial charge in [0, 0.05) is 12.3 Å². The van der Waals surface area contributed by atoms with Crippen LogP contribution in [0.2, 0.25) is 0 Å². The Kier molecular flexibility index (Phi) is 2.85. The van der Waals surface area contributed by atoms with Crippen molar-refractivity contribution in [3.05, 3.63) is 35.9 Å². The van der Waals surface area contributed by atoms with Gasteiger partial charge in [0.15, 0.2) is 0 Å². The molecule has 3 heterocycles. The molecule has 0 radical (unpaired) electrons. The van der Waals surface area contributed by atoms with Gasteiger partial charge in [-0.25, -0.2) is 0 Å². The summed E-state index contributed by atoms with van der Waals surface area (Å²) in [6, 6.07) is 4.99. The van der Waals surface area contributed by atoms with E-state index in [-0.39, 0.29) is 17.4 Å². The van der Waals surface area contributed by atoms with Gasteiger partial charge < -0.3 is 10.1 Å². The Morgan fingerprint density at radius 1 is 1.45 bits per heavy atom. The van der Waals surface area contributed by atoms with E-state index in [1.165, 1.54) is 13.2 Å². The Hall–Kier alpha value is -2.50. The standard InChI is InChI=1S/C14H12FN3O2/c1-7-8-4-3-5-16-12(8)11-9(17-14(7)19)6-10(20-2)18-13(11)15/h3-7H,1-2H3,(H,17,19). The lowest BCUT2D eigenvalue weighted by atomic mass is 9.97. The molecule has 2 aromatic rings. The molecule has 5 nitrogen and oxygen atoms in total. The molecule has 1 N–H and O–H groups in total. The van der Waals surface area contributed by atoms with Gasteiger partial charge in [0.2, 0.25) is 17.7 Å². The van der Waals surface area contributed by atoms with Crippen LogP contribution in [0.25, 0.3) is 11.3 Å². The Labute approximate surface area is 114 Å². The van der Waals surface area contributed by atoms with Crippen LogP contribution in [0.5, 0.6) is 5.88 Å². The van der Waals surface area contributed by atoms with Crippen molar-refractivity contribution in [2.45, 2.75) is 12.8 Å². The van der Waals surface area contributed by atoms with Crippen LogP contribution in [0, 0.1) is 5.95 Å². The first kappa shape index (κ1) is 12.5. The second kappa shape index (κ2) is 4.56. The smallest absolute Gasteiger partial charge is 0.231 e. The molecule has 2 aromatic heterocycles. The Morgan fingerprint density at radius 2 is 2.25 bits per heavy atom. The molecule has 1 atom stereocenters. The van der Waals surface area contributed by atoms with Gasteiger partial charge >= 0.3 is 0 Å². The van der Waals surface area contributed by atoms with Gasteiger partial charge in [-0.15, -0.1) is 0 Å². The fourth-order valence-electron chi connectivity index (χ4n) is 2.28. The molecule has 0 spiro atoms. The lowest BCUT2D eigenvalue weighted by molar-refractivity contribution is -0.117. The number of aromatic nitrogens is 2. The summed E-state index contributed by atoms with van der Waals surface area (Å²) in [5.41, 5.74) is 1.62. The molecule has 1 unspecified atom stereocenters. The molecule has 102 valence electrons. The van der Waals surface area contributed by atoms with Crippen LogP contribution in [0.3, 0.4) is 0 Å². The molecule has 1 aliphatic rings. The Morgan fingerprint density at radius 3 is 3.00 bits per heavy atom. The maximum Gasteiger partial charge on any atom is 0.231 e.